The van der Waals surface area contributed by atoms with E-state index in [2.05, 4.69) is 4.98 Å². The smallest absolute Gasteiger partial charge is 0.347 e. The largest absolute Gasteiger partial charge is 0.508 e. The molecule has 2 aliphatic carbocycles. The van der Waals surface area contributed by atoms with Crippen molar-refractivity contribution in [3.8, 4) is 23.0 Å². The number of carbonyl (C=O) groups excluding carboxylic acids is 2. The Morgan fingerprint density at radius 3 is 2.23 bits per heavy atom. The molecule has 1 N–H and O–H groups in total. The molecule has 0 amide bonds. The van der Waals surface area contributed by atoms with E-state index in [1.54, 1.807) is 55.6 Å². The van der Waals surface area contributed by atoms with E-state index in [0.717, 1.165) is 4.57 Å². The summed E-state index contributed by atoms with van der Waals surface area (Å²) in [7, 11) is 6.10. The number of ketones is 2. The summed E-state index contributed by atoms with van der Waals surface area (Å²) in [5.74, 6) is -1.47. The van der Waals surface area contributed by atoms with Gasteiger partial charge in [-0.2, -0.15) is 0 Å². The van der Waals surface area contributed by atoms with E-state index in [9.17, 15) is 19.5 Å². The number of aryl methyl sites for hydroxylation is 2. The quantitative estimate of drug-likeness (QED) is 0.206. The van der Waals surface area contributed by atoms with E-state index in [-0.39, 0.29) is 54.5 Å². The Kier molecular flexibility index (Phi) is 9.29. The van der Waals surface area contributed by atoms with Gasteiger partial charge in [-0.3, -0.25) is 14.4 Å². The van der Waals surface area contributed by atoms with Crippen LogP contribution in [0.2, 0.25) is 0 Å². The first kappa shape index (κ1) is 38.3. The summed E-state index contributed by atoms with van der Waals surface area (Å²) < 4.78 is 21.7. The minimum absolute atomic E-state index is 0.00185. The summed E-state index contributed by atoms with van der Waals surface area (Å²) in [4.78, 5) is 77.5. The Balaban J connectivity index is 1.20. The summed E-state index contributed by atoms with van der Waals surface area (Å²) >= 11 is 0. The molecule has 1 aliphatic heterocycles. The first-order valence-electron chi connectivity index (χ1n) is 19.5. The Hall–Kier alpha value is -7.22. The van der Waals surface area contributed by atoms with E-state index in [1.165, 1.54) is 47.4 Å². The van der Waals surface area contributed by atoms with E-state index < -0.39 is 40.2 Å². The number of fused-ring (bicyclic) bond motifs is 5. The zero-order chi connectivity index (χ0) is 42.0. The van der Waals surface area contributed by atoms with Crippen molar-refractivity contribution in [3.63, 3.8) is 0 Å². The highest BCUT2D eigenvalue weighted by Gasteiger charge is 2.63. The predicted molar refractivity (Wildman–Crippen MR) is 222 cm³/mol. The highest BCUT2D eigenvalue weighted by Crippen LogP contribution is 2.62. The standard InChI is InChI=1S/C46H41N5O9/c1-48-36-25-39(60-4)38(59-3)24-34(36)47-33(43(48)55)18-19-49-44(56)50-20-17-29-35(51(50)45(49)57)23-32-42(54)30(26-11-7-5-8-12-26)22-40(53)46(32,27-13-9-6-10-14-27)41(29)31-21-28(58-2)15-16-37(31)52/h5-17,21-22,24-25,32,35,41,52H,18-20,23H2,1-4H3/t32-,35+,41+,46-/m0/s1. The zero-order valence-electron chi connectivity index (χ0n) is 33.3. The van der Waals surface area contributed by atoms with Gasteiger partial charge >= 0.3 is 11.4 Å². The number of hydrogen-bond donors (Lipinski definition) is 1. The molecule has 4 atom stereocenters. The minimum Gasteiger partial charge on any atom is -0.508 e. The summed E-state index contributed by atoms with van der Waals surface area (Å²) in [5, 5.41) is 11.7. The van der Waals surface area contributed by atoms with Crippen LogP contribution in [0.4, 0.5) is 0 Å². The van der Waals surface area contributed by atoms with Gasteiger partial charge in [0.25, 0.3) is 5.56 Å². The van der Waals surface area contributed by atoms with Crippen molar-refractivity contribution >= 4 is 28.2 Å². The second-order valence-corrected chi connectivity index (χ2v) is 15.3. The SMILES string of the molecule is COc1ccc(O)c([C@H]2C3=CCn4c(=O)n(CCc5nc6cc(OC)c(OC)cc6n(C)c5=O)c(=O)n4[C@@H]3C[C@H]3C(=O)C(c4ccccc4)=CC(=O)[C@@]23c2ccccc2)c1. The molecule has 0 spiro atoms. The van der Waals surface area contributed by atoms with Crippen molar-refractivity contribution in [1.29, 1.82) is 0 Å². The molecule has 0 bridgehead atoms. The van der Waals surface area contributed by atoms with E-state index in [4.69, 9.17) is 14.2 Å². The van der Waals surface area contributed by atoms with E-state index >= 15 is 9.59 Å². The first-order valence-corrected chi connectivity index (χ1v) is 19.5. The highest BCUT2D eigenvalue weighted by molar-refractivity contribution is 6.31. The van der Waals surface area contributed by atoms with Crippen LogP contribution in [-0.2, 0) is 41.6 Å². The van der Waals surface area contributed by atoms with Crippen LogP contribution in [0.3, 0.4) is 0 Å². The molecule has 60 heavy (non-hydrogen) atoms. The van der Waals surface area contributed by atoms with Crippen LogP contribution in [-0.4, -0.2) is 61.5 Å². The third-order valence-corrected chi connectivity index (χ3v) is 12.5. The molecule has 1 saturated carbocycles. The number of phenolic OH excluding ortho intramolecular Hbond substituents is 1. The van der Waals surface area contributed by atoms with Gasteiger partial charge in [-0.05, 0) is 47.4 Å². The van der Waals surface area contributed by atoms with Gasteiger partial charge in [-0.15, -0.1) is 0 Å². The fourth-order valence-corrected chi connectivity index (χ4v) is 9.70. The minimum atomic E-state index is -1.55. The maximum Gasteiger partial charge on any atom is 0.347 e. The summed E-state index contributed by atoms with van der Waals surface area (Å²) in [5.41, 5.74) is 0.270. The molecule has 1 fully saturated rings. The van der Waals surface area contributed by atoms with Crippen molar-refractivity contribution in [2.24, 2.45) is 13.0 Å². The number of hydrogen-bond acceptors (Lipinski definition) is 10. The molecule has 2 aromatic heterocycles. The van der Waals surface area contributed by atoms with Crippen LogP contribution in [0.1, 0.15) is 40.8 Å². The Morgan fingerprint density at radius 2 is 1.53 bits per heavy atom. The number of carbonyl (C=O) groups is 2. The molecule has 3 heterocycles. The number of phenols is 1. The zero-order valence-corrected chi connectivity index (χ0v) is 33.3. The molecule has 4 aromatic carbocycles. The fraction of sp³-hybridized carbons (Fsp3) is 0.261. The number of methoxy groups -OCH3 is 3. The third-order valence-electron chi connectivity index (χ3n) is 12.5. The van der Waals surface area contributed by atoms with Crippen molar-refractivity contribution < 1.29 is 28.9 Å². The summed E-state index contributed by atoms with van der Waals surface area (Å²) in [6.45, 7) is -0.196. The second-order valence-electron chi connectivity index (χ2n) is 15.3. The number of rotatable bonds is 9. The fourth-order valence-electron chi connectivity index (χ4n) is 9.70. The number of Topliss-reactive ketones (excluding diaryl/α,β-unsaturated/α-hetero) is 1. The molecule has 14 heteroatoms. The normalized spacial score (nSPS) is 20.8. The lowest BCUT2D eigenvalue weighted by molar-refractivity contribution is -0.133. The lowest BCUT2D eigenvalue weighted by Gasteiger charge is -2.54. The molecule has 3 aliphatic rings. The van der Waals surface area contributed by atoms with Crippen LogP contribution in [0.5, 0.6) is 23.0 Å². The van der Waals surface area contributed by atoms with Gasteiger partial charge in [0.05, 0.1) is 50.4 Å². The third kappa shape index (κ3) is 5.61. The second kappa shape index (κ2) is 14.6. The average molecular weight is 808 g/mol. The number of aromatic nitrogens is 5. The van der Waals surface area contributed by atoms with E-state index in [1.807, 2.05) is 42.5 Å². The molecule has 0 radical (unpaired) electrons. The number of aromatic hydroxyl groups is 1. The number of nitrogens with zero attached hydrogens (tertiary/aromatic N) is 5. The number of ether oxygens (including phenoxy) is 3. The van der Waals surface area contributed by atoms with Gasteiger partial charge in [-0.1, -0.05) is 66.7 Å². The van der Waals surface area contributed by atoms with Crippen LogP contribution in [0, 0.1) is 5.92 Å². The van der Waals surface area contributed by atoms with Gasteiger partial charge in [-0.25, -0.2) is 28.5 Å². The van der Waals surface area contributed by atoms with Crippen LogP contribution < -0.4 is 31.1 Å². The topological polar surface area (TPSA) is 166 Å². The molecule has 0 saturated heterocycles. The van der Waals surface area contributed by atoms with Crippen LogP contribution >= 0.6 is 0 Å². The lowest BCUT2D eigenvalue weighted by atomic mass is 9.47. The van der Waals surface area contributed by atoms with Gasteiger partial charge in [0.15, 0.2) is 23.1 Å². The monoisotopic (exact) mass is 807 g/mol. The van der Waals surface area contributed by atoms with Crippen LogP contribution in [0.25, 0.3) is 16.6 Å². The van der Waals surface area contributed by atoms with Gasteiger partial charge in [0, 0.05) is 55.1 Å². The lowest BCUT2D eigenvalue weighted by Crippen LogP contribution is -2.58. The Bertz CT molecular complexity index is 2990. The molecule has 0 unspecified atom stereocenters. The Morgan fingerprint density at radius 1 is 0.833 bits per heavy atom. The predicted octanol–water partition coefficient (Wildman–Crippen LogP) is 4.49. The molecule has 9 rings (SSSR count). The number of benzene rings is 4. The summed E-state index contributed by atoms with van der Waals surface area (Å²) in [6, 6.07) is 25.3. The molecule has 14 nitrogen and oxygen atoms in total. The van der Waals surface area contributed by atoms with Crippen molar-refractivity contribution in [2.45, 2.75) is 43.3 Å². The molecular weight excluding hydrogens is 767 g/mol. The maximum absolute atomic E-state index is 15.3. The van der Waals surface area contributed by atoms with Crippen LogP contribution in [0.15, 0.2) is 123 Å². The highest BCUT2D eigenvalue weighted by atomic mass is 16.5. The average Bonchev–Trinajstić information content (AvgIpc) is 3.52. The summed E-state index contributed by atoms with van der Waals surface area (Å²) in [6.07, 6.45) is 3.21. The number of allylic oxidation sites excluding steroid dienone is 4. The van der Waals surface area contributed by atoms with Gasteiger partial charge in [0.2, 0.25) is 0 Å². The maximum atomic E-state index is 15.3. The first-order chi connectivity index (χ1) is 29.0. The molecule has 6 aromatic rings. The molecular formula is C46H41N5O9. The van der Waals surface area contributed by atoms with E-state index in [0.29, 0.717) is 50.5 Å². The van der Waals surface area contributed by atoms with Gasteiger partial charge < -0.3 is 23.9 Å². The van der Waals surface area contributed by atoms with Gasteiger partial charge in [0.1, 0.15) is 17.2 Å². The molecule has 304 valence electrons. The van der Waals surface area contributed by atoms with Crippen molar-refractivity contribution in [3.05, 3.63) is 162 Å². The van der Waals surface area contributed by atoms with Crippen molar-refractivity contribution in [2.75, 3.05) is 21.3 Å². The Labute approximate surface area is 342 Å². The van der Waals surface area contributed by atoms with Crippen molar-refractivity contribution in [1.82, 2.24) is 23.5 Å².